The molecule has 11 heteroatoms. The lowest BCUT2D eigenvalue weighted by molar-refractivity contribution is -0.146. The van der Waals surface area contributed by atoms with Gasteiger partial charge in [-0.1, -0.05) is 20.8 Å². The first-order valence-electron chi connectivity index (χ1n) is 13.5. The maximum atomic E-state index is 13.6. The van der Waals surface area contributed by atoms with Crippen molar-refractivity contribution in [3.8, 4) is 11.5 Å². The van der Waals surface area contributed by atoms with Gasteiger partial charge in [-0.05, 0) is 48.6 Å². The lowest BCUT2D eigenvalue weighted by Crippen LogP contribution is -2.38. The predicted molar refractivity (Wildman–Crippen MR) is 151 cm³/mol. The number of phenolic OH excluding ortho intramolecular Hbond substituents is 1. The van der Waals surface area contributed by atoms with Gasteiger partial charge in [0.1, 0.15) is 23.4 Å². The van der Waals surface area contributed by atoms with Crippen molar-refractivity contribution >= 4 is 29.4 Å². The van der Waals surface area contributed by atoms with Gasteiger partial charge in [0, 0.05) is 42.3 Å². The first kappa shape index (κ1) is 29.6. The molecule has 1 unspecified atom stereocenters. The first-order valence-corrected chi connectivity index (χ1v) is 13.5. The predicted octanol–water partition coefficient (Wildman–Crippen LogP) is 3.05. The number of phenols is 1. The summed E-state index contributed by atoms with van der Waals surface area (Å²) in [6, 6.07) is 5.45. The Bertz CT molecular complexity index is 1440. The Morgan fingerprint density at radius 2 is 1.88 bits per heavy atom. The lowest BCUT2D eigenvalue weighted by Gasteiger charge is -2.27. The third-order valence-electron chi connectivity index (χ3n) is 7.52. The number of likely N-dealkylation sites (tertiary alicyclic amines) is 1. The average molecular weight is 565 g/mol. The van der Waals surface area contributed by atoms with E-state index in [0.717, 1.165) is 5.56 Å². The number of carboxylic acids is 1. The summed E-state index contributed by atoms with van der Waals surface area (Å²) in [7, 11) is 1.51. The highest BCUT2D eigenvalue weighted by molar-refractivity contribution is 6.07. The Balaban J connectivity index is 1.64. The number of Topliss-reactive ketones (excluding diaryl/α,β-unsaturated/α-hetero) is 1. The quantitative estimate of drug-likeness (QED) is 0.338. The van der Waals surface area contributed by atoms with E-state index in [1.165, 1.54) is 18.0 Å². The van der Waals surface area contributed by atoms with Crippen molar-refractivity contribution in [3.05, 3.63) is 57.6 Å². The van der Waals surface area contributed by atoms with E-state index in [-0.39, 0.29) is 67.2 Å². The zero-order valence-electron chi connectivity index (χ0n) is 24.0. The summed E-state index contributed by atoms with van der Waals surface area (Å²) in [4.78, 5) is 53.1. The van der Waals surface area contributed by atoms with E-state index < -0.39 is 17.4 Å². The fourth-order valence-electron chi connectivity index (χ4n) is 5.33. The number of hydrogen-bond acceptors (Lipinski definition) is 7. The van der Waals surface area contributed by atoms with Gasteiger partial charge in [-0.2, -0.15) is 0 Å². The van der Waals surface area contributed by atoms with Crippen molar-refractivity contribution in [2.45, 2.75) is 65.1 Å². The van der Waals surface area contributed by atoms with Crippen molar-refractivity contribution in [3.63, 3.8) is 0 Å². The molecule has 41 heavy (non-hydrogen) atoms. The van der Waals surface area contributed by atoms with Crippen molar-refractivity contribution in [1.82, 2.24) is 15.1 Å². The molecule has 1 fully saturated rings. The van der Waals surface area contributed by atoms with E-state index >= 15 is 0 Å². The highest BCUT2D eigenvalue weighted by Crippen LogP contribution is 2.37. The van der Waals surface area contributed by atoms with E-state index in [4.69, 9.17) is 10.1 Å². The number of ether oxygens (including phenoxy) is 1. The smallest absolute Gasteiger partial charge is 0.326 e. The monoisotopic (exact) mass is 564 g/mol. The van der Waals surface area contributed by atoms with Gasteiger partial charge in [0.15, 0.2) is 5.78 Å². The first-order chi connectivity index (χ1) is 19.3. The van der Waals surface area contributed by atoms with Crippen LogP contribution >= 0.6 is 0 Å². The Kier molecular flexibility index (Phi) is 8.10. The maximum Gasteiger partial charge on any atom is 0.326 e. The summed E-state index contributed by atoms with van der Waals surface area (Å²) in [5, 5.41) is 32.0. The van der Waals surface area contributed by atoms with Gasteiger partial charge >= 0.3 is 5.97 Å². The third kappa shape index (κ3) is 5.75. The van der Waals surface area contributed by atoms with Crippen LogP contribution in [-0.4, -0.2) is 75.7 Å². The Labute approximate surface area is 238 Å². The van der Waals surface area contributed by atoms with Gasteiger partial charge in [0.2, 0.25) is 5.91 Å². The van der Waals surface area contributed by atoms with Crippen LogP contribution in [0.5, 0.6) is 11.5 Å². The number of carboxylic acid groups (broad SMARTS) is 1. The summed E-state index contributed by atoms with van der Waals surface area (Å²) in [5.41, 5.74) is 2.11. The molecule has 4 rings (SSSR count). The molecule has 2 aliphatic heterocycles. The minimum atomic E-state index is -1.11. The average Bonchev–Trinajstić information content (AvgIpc) is 3.42. The van der Waals surface area contributed by atoms with Crippen molar-refractivity contribution < 1.29 is 34.1 Å². The Morgan fingerprint density at radius 1 is 1.17 bits per heavy atom. The Hall–Kier alpha value is -4.41. The molecule has 0 saturated carbocycles. The number of fused-ring (bicyclic) bond motifs is 1. The van der Waals surface area contributed by atoms with Gasteiger partial charge < -0.3 is 30.1 Å². The minimum Gasteiger partial charge on any atom is -0.507 e. The zero-order chi connectivity index (χ0) is 30.2. The van der Waals surface area contributed by atoms with Gasteiger partial charge in [0.05, 0.1) is 25.3 Å². The number of carbonyl (C=O) groups is 4. The van der Waals surface area contributed by atoms with E-state index in [0.29, 0.717) is 34.6 Å². The van der Waals surface area contributed by atoms with E-state index in [2.05, 4.69) is 5.32 Å². The lowest BCUT2D eigenvalue weighted by atomic mass is 9.83. The number of benzene rings is 2. The summed E-state index contributed by atoms with van der Waals surface area (Å²) in [6.45, 7) is 7.81. The number of nitrogens with zero attached hydrogens (tertiary/aromatic N) is 2. The highest BCUT2D eigenvalue weighted by Gasteiger charge is 2.37. The molecule has 0 radical (unpaired) electrons. The van der Waals surface area contributed by atoms with Crippen LogP contribution in [0.15, 0.2) is 24.3 Å². The number of carbonyl (C=O) groups excluding carboxylic acids is 3. The molecular formula is C30H36N4O7. The minimum absolute atomic E-state index is 0.0793. The van der Waals surface area contributed by atoms with Crippen molar-refractivity contribution in [1.29, 1.82) is 5.41 Å². The molecule has 218 valence electrons. The number of aromatic hydroxyl groups is 1. The van der Waals surface area contributed by atoms with Crippen LogP contribution in [0.3, 0.4) is 0 Å². The summed E-state index contributed by atoms with van der Waals surface area (Å²) in [5.74, 6) is -1.66. The van der Waals surface area contributed by atoms with Crippen LogP contribution in [0.1, 0.15) is 83.5 Å². The molecular weight excluding hydrogens is 528 g/mol. The van der Waals surface area contributed by atoms with Crippen molar-refractivity contribution in [2.75, 3.05) is 20.2 Å². The van der Waals surface area contributed by atoms with Crippen LogP contribution in [0.2, 0.25) is 0 Å². The number of amidine groups is 1. The second-order valence-corrected chi connectivity index (χ2v) is 11.3. The summed E-state index contributed by atoms with van der Waals surface area (Å²) >= 11 is 0. The number of ketones is 1. The largest absolute Gasteiger partial charge is 0.507 e. The number of hydrogen-bond donors (Lipinski definition) is 4. The standard InChI is InChI=1S/C30H36N4O7/c1-6-41-24-11-17-13-33(27(31)19(17)12-20(24)28(38)32-5)15-23(35)16-9-18(26(37)21(10-16)30(2,3)4)14-34-22(29(39)40)7-8-25(34)36/h9-12,22,31,37H,6-8,13-15H2,1-5H3,(H,32,38)(H,39,40). The molecule has 1 atom stereocenters. The second kappa shape index (κ2) is 11.2. The van der Waals surface area contributed by atoms with E-state index in [1.807, 2.05) is 27.7 Å². The molecule has 0 aromatic heterocycles. The number of nitrogens with one attached hydrogen (secondary N) is 2. The van der Waals surface area contributed by atoms with E-state index in [1.54, 1.807) is 23.1 Å². The van der Waals surface area contributed by atoms with Gasteiger partial charge in [-0.3, -0.25) is 19.8 Å². The molecule has 2 aromatic rings. The van der Waals surface area contributed by atoms with Crippen LogP contribution in [0.25, 0.3) is 0 Å². The van der Waals surface area contributed by atoms with Crippen LogP contribution in [0.4, 0.5) is 0 Å². The topological polar surface area (TPSA) is 160 Å². The molecule has 0 spiro atoms. The number of rotatable bonds is 9. The normalized spacial score (nSPS) is 16.7. The maximum absolute atomic E-state index is 13.6. The van der Waals surface area contributed by atoms with Gasteiger partial charge in [0.25, 0.3) is 5.91 Å². The second-order valence-electron chi connectivity index (χ2n) is 11.3. The number of amides is 2. The molecule has 1 saturated heterocycles. The molecule has 2 heterocycles. The fraction of sp³-hybridized carbons (Fsp3) is 0.433. The molecule has 2 aromatic carbocycles. The summed E-state index contributed by atoms with van der Waals surface area (Å²) in [6.07, 6.45) is 0.288. The van der Waals surface area contributed by atoms with Crippen LogP contribution < -0.4 is 10.1 Å². The van der Waals surface area contributed by atoms with Crippen LogP contribution in [-0.2, 0) is 28.1 Å². The van der Waals surface area contributed by atoms with Gasteiger partial charge in [-0.25, -0.2) is 4.79 Å². The SMILES string of the molecule is CCOc1cc2c(cc1C(=O)NC)C(=N)N(CC(=O)c1cc(CN3C(=O)CCC3C(=O)O)c(O)c(C(C)(C)C)c1)C2. The molecule has 0 aliphatic carbocycles. The fourth-order valence-corrected chi connectivity index (χ4v) is 5.33. The summed E-state index contributed by atoms with van der Waals surface area (Å²) < 4.78 is 5.65. The third-order valence-corrected chi connectivity index (χ3v) is 7.52. The molecule has 2 aliphatic rings. The Morgan fingerprint density at radius 3 is 2.49 bits per heavy atom. The van der Waals surface area contributed by atoms with E-state index in [9.17, 15) is 29.4 Å². The zero-order valence-corrected chi connectivity index (χ0v) is 24.0. The van der Waals surface area contributed by atoms with Gasteiger partial charge in [-0.15, -0.1) is 0 Å². The molecule has 2 amide bonds. The highest BCUT2D eigenvalue weighted by atomic mass is 16.5. The van der Waals surface area contributed by atoms with Crippen LogP contribution in [0, 0.1) is 5.41 Å². The number of aliphatic carboxylic acids is 1. The van der Waals surface area contributed by atoms with Crippen molar-refractivity contribution in [2.24, 2.45) is 0 Å². The molecule has 4 N–H and O–H groups in total. The molecule has 11 nitrogen and oxygen atoms in total. The molecule has 0 bridgehead atoms.